The van der Waals surface area contributed by atoms with Crippen molar-refractivity contribution >= 4 is 0 Å². The van der Waals surface area contributed by atoms with E-state index in [2.05, 4.69) is 38.7 Å². The Morgan fingerprint density at radius 1 is 1.42 bits per heavy atom. The van der Waals surface area contributed by atoms with Crippen LogP contribution in [-0.4, -0.2) is 0 Å². The van der Waals surface area contributed by atoms with Gasteiger partial charge in [-0.2, -0.15) is 0 Å². The quantitative estimate of drug-likeness (QED) is 0.541. The highest BCUT2D eigenvalue weighted by Crippen LogP contribution is 2.22. The minimum absolute atomic E-state index is 0.576. The van der Waals surface area contributed by atoms with Crippen molar-refractivity contribution in [3.05, 3.63) is 48.1 Å². The molecule has 0 bridgehead atoms. The van der Waals surface area contributed by atoms with Crippen LogP contribution in [0, 0.1) is 5.92 Å². The van der Waals surface area contributed by atoms with Gasteiger partial charge in [0, 0.05) is 0 Å². The van der Waals surface area contributed by atoms with Crippen LogP contribution in [0.15, 0.2) is 48.1 Å². The fourth-order valence-corrected chi connectivity index (χ4v) is 1.35. The highest BCUT2D eigenvalue weighted by Gasteiger charge is 2.06. The predicted molar refractivity (Wildman–Crippen MR) is 55.0 cm³/mol. The van der Waals surface area contributed by atoms with Crippen LogP contribution in [0.3, 0.4) is 0 Å². The second kappa shape index (κ2) is 4.10. The highest BCUT2D eigenvalue weighted by atomic mass is 14.1. The molecular formula is C12H16. The van der Waals surface area contributed by atoms with Gasteiger partial charge in [-0.05, 0) is 26.2 Å². The van der Waals surface area contributed by atoms with Crippen LogP contribution in [0.2, 0.25) is 0 Å². The zero-order chi connectivity index (χ0) is 8.97. The number of hydrogen-bond donors (Lipinski definition) is 0. The molecule has 0 aromatic rings. The molecule has 0 fully saturated rings. The predicted octanol–water partition coefficient (Wildman–Crippen LogP) is 3.64. The molecule has 1 aliphatic rings. The molecule has 12 heavy (non-hydrogen) atoms. The summed E-state index contributed by atoms with van der Waals surface area (Å²) in [6.45, 7) is 7.99. The van der Waals surface area contributed by atoms with Gasteiger partial charge in [0.05, 0.1) is 0 Å². The summed E-state index contributed by atoms with van der Waals surface area (Å²) < 4.78 is 0. The fourth-order valence-electron chi connectivity index (χ4n) is 1.35. The molecule has 0 saturated carbocycles. The van der Waals surface area contributed by atoms with E-state index in [4.69, 9.17) is 0 Å². The summed E-state index contributed by atoms with van der Waals surface area (Å²) in [5.41, 5.74) is 2.82. The van der Waals surface area contributed by atoms with Gasteiger partial charge in [-0.15, -0.1) is 0 Å². The molecule has 0 aromatic heterocycles. The van der Waals surface area contributed by atoms with E-state index in [1.165, 1.54) is 11.1 Å². The second-order valence-electron chi connectivity index (χ2n) is 3.26. The van der Waals surface area contributed by atoms with E-state index in [1.807, 2.05) is 12.2 Å². The largest absolute Gasteiger partial charge is 0.0991 e. The molecule has 1 rings (SSSR count). The Hall–Kier alpha value is -1.04. The Kier molecular flexibility index (Phi) is 3.09. The van der Waals surface area contributed by atoms with Crippen molar-refractivity contribution in [3.8, 4) is 0 Å². The van der Waals surface area contributed by atoms with Crippen molar-refractivity contribution in [1.29, 1.82) is 0 Å². The van der Waals surface area contributed by atoms with Crippen molar-refractivity contribution in [2.45, 2.75) is 20.3 Å². The lowest BCUT2D eigenvalue weighted by Crippen LogP contribution is -1.98. The summed E-state index contributed by atoms with van der Waals surface area (Å²) in [5, 5.41) is 0. The monoisotopic (exact) mass is 160 g/mol. The van der Waals surface area contributed by atoms with Gasteiger partial charge < -0.3 is 0 Å². The van der Waals surface area contributed by atoms with Crippen LogP contribution in [-0.2, 0) is 0 Å². The lowest BCUT2D eigenvalue weighted by Gasteiger charge is -2.14. The number of hydrogen-bond acceptors (Lipinski definition) is 0. The van der Waals surface area contributed by atoms with E-state index >= 15 is 0 Å². The summed E-state index contributed by atoms with van der Waals surface area (Å²) in [4.78, 5) is 0. The van der Waals surface area contributed by atoms with Gasteiger partial charge in [0.1, 0.15) is 0 Å². The second-order valence-corrected chi connectivity index (χ2v) is 3.26. The summed E-state index contributed by atoms with van der Waals surface area (Å²) in [7, 11) is 0. The first kappa shape index (κ1) is 9.05. The molecule has 0 spiro atoms. The average Bonchev–Trinajstić information content (AvgIpc) is 2.07. The molecule has 0 radical (unpaired) electrons. The van der Waals surface area contributed by atoms with E-state index in [9.17, 15) is 0 Å². The first-order chi connectivity index (χ1) is 5.74. The maximum Gasteiger partial charge on any atom is -0.000983 e. The molecule has 1 aliphatic carbocycles. The first-order valence-electron chi connectivity index (χ1n) is 4.39. The first-order valence-corrected chi connectivity index (χ1v) is 4.39. The summed E-state index contributed by atoms with van der Waals surface area (Å²) in [6.07, 6.45) is 11.8. The number of allylic oxidation sites excluding steroid dienone is 7. The summed E-state index contributed by atoms with van der Waals surface area (Å²) >= 11 is 0. The molecular weight excluding hydrogens is 144 g/mol. The van der Waals surface area contributed by atoms with Gasteiger partial charge >= 0.3 is 0 Å². The van der Waals surface area contributed by atoms with E-state index in [0.717, 1.165) is 6.42 Å². The standard InChI is InChI=1S/C12H16/c1-4-5-6-12-8-7-10(2)11(3)9-12/h4-7,9,12H,1,8H2,2-3H3/b6-5+. The molecule has 64 valence electrons. The van der Waals surface area contributed by atoms with Crippen LogP contribution in [0.5, 0.6) is 0 Å². The van der Waals surface area contributed by atoms with E-state index in [0.29, 0.717) is 5.92 Å². The molecule has 0 heteroatoms. The van der Waals surface area contributed by atoms with Crippen molar-refractivity contribution in [1.82, 2.24) is 0 Å². The maximum atomic E-state index is 3.66. The van der Waals surface area contributed by atoms with Gasteiger partial charge in [-0.25, -0.2) is 0 Å². The third-order valence-corrected chi connectivity index (χ3v) is 2.28. The maximum absolute atomic E-state index is 3.66. The Bertz CT molecular complexity index is 251. The third-order valence-electron chi connectivity index (χ3n) is 2.28. The van der Waals surface area contributed by atoms with Gasteiger partial charge in [0.25, 0.3) is 0 Å². The zero-order valence-corrected chi connectivity index (χ0v) is 7.88. The normalized spacial score (nSPS) is 23.7. The molecule has 0 amide bonds. The van der Waals surface area contributed by atoms with Crippen LogP contribution in [0.4, 0.5) is 0 Å². The highest BCUT2D eigenvalue weighted by molar-refractivity contribution is 5.32. The van der Waals surface area contributed by atoms with Crippen LogP contribution < -0.4 is 0 Å². The molecule has 0 aliphatic heterocycles. The van der Waals surface area contributed by atoms with Crippen molar-refractivity contribution < 1.29 is 0 Å². The van der Waals surface area contributed by atoms with Crippen molar-refractivity contribution in [2.75, 3.05) is 0 Å². The Morgan fingerprint density at radius 3 is 2.75 bits per heavy atom. The Balaban J connectivity index is 2.65. The van der Waals surface area contributed by atoms with Gasteiger partial charge in [-0.3, -0.25) is 0 Å². The van der Waals surface area contributed by atoms with Gasteiger partial charge in [-0.1, -0.05) is 48.1 Å². The van der Waals surface area contributed by atoms with Crippen LogP contribution >= 0.6 is 0 Å². The summed E-state index contributed by atoms with van der Waals surface area (Å²) in [5.74, 6) is 0.576. The Morgan fingerprint density at radius 2 is 2.17 bits per heavy atom. The minimum atomic E-state index is 0.576. The summed E-state index contributed by atoms with van der Waals surface area (Å²) in [6, 6.07) is 0. The number of rotatable bonds is 2. The molecule has 0 nitrogen and oxygen atoms in total. The fraction of sp³-hybridized carbons (Fsp3) is 0.333. The van der Waals surface area contributed by atoms with E-state index < -0.39 is 0 Å². The lowest BCUT2D eigenvalue weighted by atomic mass is 9.92. The Labute approximate surface area is 75.0 Å². The van der Waals surface area contributed by atoms with Crippen LogP contribution in [0.1, 0.15) is 20.3 Å². The van der Waals surface area contributed by atoms with Crippen LogP contribution in [0.25, 0.3) is 0 Å². The molecule has 1 atom stereocenters. The third kappa shape index (κ3) is 2.23. The van der Waals surface area contributed by atoms with E-state index in [-0.39, 0.29) is 0 Å². The zero-order valence-electron chi connectivity index (χ0n) is 7.88. The van der Waals surface area contributed by atoms with Crippen molar-refractivity contribution in [3.63, 3.8) is 0 Å². The average molecular weight is 160 g/mol. The van der Waals surface area contributed by atoms with Crippen molar-refractivity contribution in [2.24, 2.45) is 5.92 Å². The lowest BCUT2D eigenvalue weighted by molar-refractivity contribution is 0.801. The molecule has 0 saturated heterocycles. The SMILES string of the molecule is C=C/C=C/C1C=C(C)C(C)=CC1. The molecule has 0 heterocycles. The van der Waals surface area contributed by atoms with E-state index in [1.54, 1.807) is 0 Å². The molecule has 0 aromatic carbocycles. The molecule has 0 N–H and O–H groups in total. The smallest absolute Gasteiger partial charge is 0.000983 e. The molecule has 1 unspecified atom stereocenters. The minimum Gasteiger partial charge on any atom is -0.0991 e. The van der Waals surface area contributed by atoms with Gasteiger partial charge in [0.15, 0.2) is 0 Å². The van der Waals surface area contributed by atoms with Gasteiger partial charge in [0.2, 0.25) is 0 Å². The topological polar surface area (TPSA) is 0 Å².